The highest BCUT2D eigenvalue weighted by molar-refractivity contribution is 9.10. The number of aliphatic carboxylic acids is 1. The molecule has 6 aliphatic rings. The molecule has 6 aliphatic heterocycles. The summed E-state index contributed by atoms with van der Waals surface area (Å²) >= 11 is 16.0. The number of likely N-dealkylation sites (tertiary alicyclic amines) is 3. The summed E-state index contributed by atoms with van der Waals surface area (Å²) < 4.78 is 148. The van der Waals surface area contributed by atoms with Crippen LogP contribution < -0.4 is 21.7 Å². The maximum absolute atomic E-state index is 14.4. The lowest BCUT2D eigenvalue weighted by atomic mass is 9.95. The summed E-state index contributed by atoms with van der Waals surface area (Å²) in [6, 6.07) is 5.51. The Morgan fingerprint density at radius 1 is 0.574 bits per heavy atom. The highest BCUT2D eigenvalue weighted by atomic mass is 79.9. The zero-order valence-electron chi connectivity index (χ0n) is 58.7. The Balaban J connectivity index is 0.000000173. The smallest absolute Gasteiger partial charge is 0.338 e. The highest BCUT2D eigenvalue weighted by Gasteiger charge is 2.50. The number of alkyl halides is 6. The largest absolute Gasteiger partial charge is 0.481 e. The molecule has 38 heteroatoms. The Hall–Kier alpha value is -9.46. The topological polar surface area (TPSA) is 316 Å². The van der Waals surface area contributed by atoms with Crippen molar-refractivity contribution in [1.29, 1.82) is 0 Å². The number of hydrogen-bond donors (Lipinski definition) is 6. The number of amidine groups is 3. The number of carboxylic acids is 1. The standard InChI is InChI=1S/C24H25ClF3N5O4.C23H24BrF3N6O3.C23H25ClF3N5O3/c1-32-8-7-29-22(32)21-30-17(11-33-12-24(27,28)10-14(33)4-6-18(34)35)19(23(36)37-2)20(31-21)15-5-3-13(26)9-16(15)25;1-3-36-22(35)17-15(10-33-11-23(26,27)9-16(33)19(28)34)30-20(21-29-6-7-32(21)2)31-18(17)13-5-4-12(25)8-14(13)24;1-3-35-22(34)18-17(10-32-12-23(26,27)9-14(32)11-33)29-20(21-28-6-7-31(21)2)30-19(18)15-5-4-13(25)8-16(15)24/h3,5,7-9,14,20H,4,6,10-12H2,1-2H3,(H,30,31)(H,34,35);4-8,16,18H,3,9-11H2,1-2H3,(H2,28,34)(H,30,31);4-8,14,19,33H,3,9-12H2,1-2H3,(H,29,30)/t14-,20+;16-,18-;14-,19-/m100/s1. The molecule has 6 aromatic rings. The van der Waals surface area contributed by atoms with Gasteiger partial charge in [-0.15, -0.1) is 0 Å². The second kappa shape index (κ2) is 34.0. The molecule has 7 N–H and O–H groups in total. The SMILES string of the molecule is CCOC(=O)C1=C(CN2CC(F)(F)C[C@H]2C(N)=O)NC(c2nccn2C)=N[C@H]1c1ccc(F)cc1Br.CCOC(=O)C1=C(CN2CC(F)(F)C[C@H]2CO)NC(c2nccn2C)=N[C@H]1c1ccc(F)cc1Cl.COC(=O)C1=C(CN2CC(F)(F)C[C@H]2CCC(=O)O)NC(c2nccn2C)=N[C@H]1c1ccc(F)cc1Cl. The van der Waals surface area contributed by atoms with Gasteiger partial charge in [0.1, 0.15) is 35.6 Å². The highest BCUT2D eigenvalue weighted by Crippen LogP contribution is 2.43. The van der Waals surface area contributed by atoms with Gasteiger partial charge in [-0.25, -0.2) is 68.8 Å². The molecule has 108 heavy (non-hydrogen) atoms. The molecule has 12 rings (SSSR count). The maximum Gasteiger partial charge on any atom is 0.338 e. The minimum absolute atomic E-state index is 0.0132. The molecular formula is C70H74BrCl2F9N16O10. The molecule has 0 aliphatic carbocycles. The van der Waals surface area contributed by atoms with Crippen molar-refractivity contribution < 1.29 is 87.9 Å². The molecule has 3 aromatic carbocycles. The number of aliphatic imine (C=N–C) groups is 3. The molecule has 0 spiro atoms. The van der Waals surface area contributed by atoms with E-state index in [1.54, 1.807) is 85.9 Å². The van der Waals surface area contributed by atoms with E-state index < -0.39 is 147 Å². The van der Waals surface area contributed by atoms with Gasteiger partial charge in [0, 0.05) is 158 Å². The van der Waals surface area contributed by atoms with E-state index in [0.29, 0.717) is 38.6 Å². The molecule has 3 aromatic heterocycles. The number of nitrogens with zero attached hydrogens (tertiary/aromatic N) is 12. The third kappa shape index (κ3) is 18.8. The van der Waals surface area contributed by atoms with E-state index >= 15 is 0 Å². The van der Waals surface area contributed by atoms with E-state index in [9.17, 15) is 68.6 Å². The van der Waals surface area contributed by atoms with Gasteiger partial charge >= 0.3 is 23.9 Å². The number of benzene rings is 3. The lowest BCUT2D eigenvalue weighted by Gasteiger charge is -2.31. The van der Waals surface area contributed by atoms with Crippen LogP contribution in [0.15, 0.2) is 145 Å². The molecule has 3 saturated heterocycles. The van der Waals surface area contributed by atoms with Crippen LogP contribution in [0.1, 0.15) is 98.2 Å². The first-order chi connectivity index (χ1) is 51.1. The number of carbonyl (C=O) groups is 5. The molecule has 9 heterocycles. The Labute approximate surface area is 630 Å². The molecule has 3 fully saturated rings. The number of halogens is 12. The number of ether oxygens (including phenoxy) is 3. The summed E-state index contributed by atoms with van der Waals surface area (Å²) in [6.45, 7) is 0.485. The van der Waals surface area contributed by atoms with Crippen LogP contribution >= 0.6 is 39.1 Å². The number of rotatable bonds is 22. The number of carboxylic acid groups (broad SMARTS) is 1. The molecule has 0 bridgehead atoms. The number of primary amides is 1. The van der Waals surface area contributed by atoms with Crippen LogP contribution in [0, 0.1) is 17.5 Å². The Morgan fingerprint density at radius 3 is 1.31 bits per heavy atom. The lowest BCUT2D eigenvalue weighted by molar-refractivity contribution is -0.139. The zero-order valence-corrected chi connectivity index (χ0v) is 61.8. The Morgan fingerprint density at radius 2 is 0.944 bits per heavy atom. The van der Waals surface area contributed by atoms with Gasteiger partial charge in [-0.3, -0.25) is 39.3 Å². The summed E-state index contributed by atoms with van der Waals surface area (Å²) in [7, 11) is 6.39. The molecule has 0 radical (unpaired) electrons. The molecule has 578 valence electrons. The van der Waals surface area contributed by atoms with Gasteiger partial charge in [-0.05, 0) is 62.2 Å². The van der Waals surface area contributed by atoms with Gasteiger partial charge in [0.2, 0.25) is 5.91 Å². The minimum Gasteiger partial charge on any atom is -0.481 e. The summed E-state index contributed by atoms with van der Waals surface area (Å²) in [4.78, 5) is 93.4. The average molecular weight is 1620 g/mol. The van der Waals surface area contributed by atoms with Crippen molar-refractivity contribution in [1.82, 2.24) is 59.3 Å². The quantitative estimate of drug-likeness (QED) is 0.0211. The summed E-state index contributed by atoms with van der Waals surface area (Å²) in [5.41, 5.74) is 7.31. The number of amides is 1. The van der Waals surface area contributed by atoms with Crippen molar-refractivity contribution in [3.8, 4) is 0 Å². The molecule has 0 saturated carbocycles. The van der Waals surface area contributed by atoms with Crippen LogP contribution in [0.25, 0.3) is 0 Å². The fourth-order valence-electron chi connectivity index (χ4n) is 13.4. The average Bonchev–Trinajstić information content (AvgIpc) is 1.15. The van der Waals surface area contributed by atoms with Crippen LogP contribution in [-0.2, 0) is 59.3 Å². The van der Waals surface area contributed by atoms with Crippen LogP contribution in [-0.4, -0.2) is 203 Å². The number of aliphatic hydroxyl groups is 1. The summed E-state index contributed by atoms with van der Waals surface area (Å²) in [6.07, 6.45) is 7.74. The number of nitrogens with two attached hydrogens (primary N) is 1. The number of esters is 3. The van der Waals surface area contributed by atoms with Crippen LogP contribution in [0.2, 0.25) is 10.0 Å². The van der Waals surface area contributed by atoms with E-state index in [4.69, 9.17) is 53.2 Å². The third-order valence-electron chi connectivity index (χ3n) is 18.3. The normalized spacial score (nSPS) is 21.8. The summed E-state index contributed by atoms with van der Waals surface area (Å²) in [5, 5.41) is 28.0. The number of aryl methyl sites for hydroxylation is 3. The summed E-state index contributed by atoms with van der Waals surface area (Å²) in [5.74, 6) is -13.0. The third-order valence-corrected chi connectivity index (χ3v) is 19.6. The van der Waals surface area contributed by atoms with E-state index in [0.717, 1.165) is 12.1 Å². The van der Waals surface area contributed by atoms with Gasteiger partial charge in [-0.1, -0.05) is 57.3 Å². The fourth-order valence-corrected chi connectivity index (χ4v) is 14.5. The van der Waals surface area contributed by atoms with Crippen LogP contribution in [0.4, 0.5) is 39.5 Å². The van der Waals surface area contributed by atoms with Gasteiger partial charge in [0.05, 0.1) is 69.3 Å². The predicted octanol–water partition coefficient (Wildman–Crippen LogP) is 8.55. The number of imidazole rings is 3. The minimum atomic E-state index is -3.13. The first-order valence-corrected chi connectivity index (χ1v) is 35.1. The first-order valence-electron chi connectivity index (χ1n) is 33.5. The second-order valence-electron chi connectivity index (χ2n) is 25.9. The van der Waals surface area contributed by atoms with Crippen molar-refractivity contribution >= 4 is 86.4 Å². The number of aliphatic hydroxyl groups excluding tert-OH is 1. The second-order valence-corrected chi connectivity index (χ2v) is 27.6. The molecular weight excluding hydrogens is 1550 g/mol. The van der Waals surface area contributed by atoms with Crippen LogP contribution in [0.5, 0.6) is 0 Å². The van der Waals surface area contributed by atoms with E-state index in [1.807, 2.05) is 0 Å². The Kier molecular flexibility index (Phi) is 25.5. The number of methoxy groups -OCH3 is 1. The fraction of sp³-hybridized carbons (Fsp3) is 0.414. The maximum atomic E-state index is 14.4. The van der Waals surface area contributed by atoms with Gasteiger partial charge in [-0.2, -0.15) is 0 Å². The first kappa shape index (κ1) is 81.1. The number of hydrogen-bond acceptors (Lipinski definition) is 21. The van der Waals surface area contributed by atoms with Gasteiger partial charge < -0.3 is 59.8 Å². The molecule has 6 atom stereocenters. The van der Waals surface area contributed by atoms with Crippen molar-refractivity contribution in [2.24, 2.45) is 41.9 Å². The van der Waals surface area contributed by atoms with Crippen molar-refractivity contribution in [3.63, 3.8) is 0 Å². The van der Waals surface area contributed by atoms with Crippen LogP contribution in [0.3, 0.4) is 0 Å². The van der Waals surface area contributed by atoms with E-state index in [1.165, 1.54) is 64.3 Å². The monoisotopic (exact) mass is 1620 g/mol. The Bertz CT molecular complexity index is 4620. The van der Waals surface area contributed by atoms with Crippen molar-refractivity contribution in [3.05, 3.63) is 192 Å². The number of nitrogens with one attached hydrogen (secondary N) is 3. The van der Waals surface area contributed by atoms with Crippen molar-refractivity contribution in [2.75, 3.05) is 66.2 Å². The lowest BCUT2D eigenvalue weighted by Crippen LogP contribution is -2.45. The molecule has 0 unspecified atom stereocenters. The van der Waals surface area contributed by atoms with E-state index in [-0.39, 0.29) is 107 Å². The molecule has 1 amide bonds. The zero-order chi connectivity index (χ0) is 78.4. The van der Waals surface area contributed by atoms with E-state index in [2.05, 4.69) is 56.8 Å². The number of aromatic nitrogens is 6. The predicted molar refractivity (Wildman–Crippen MR) is 378 cm³/mol. The van der Waals surface area contributed by atoms with Gasteiger partial charge in [0.25, 0.3) is 17.8 Å². The van der Waals surface area contributed by atoms with Crippen molar-refractivity contribution in [2.45, 2.75) is 100.0 Å². The number of carbonyl (C=O) groups excluding carboxylic acids is 4. The molecule has 26 nitrogen and oxygen atoms in total. The van der Waals surface area contributed by atoms with Gasteiger partial charge in [0.15, 0.2) is 35.0 Å².